The van der Waals surface area contributed by atoms with E-state index in [-0.39, 0.29) is 5.91 Å². The molecule has 0 spiro atoms. The van der Waals surface area contributed by atoms with Crippen molar-refractivity contribution < 1.29 is 43.8 Å². The number of carbonyl (C=O) groups is 1. The Morgan fingerprint density at radius 1 is 1.19 bits per heavy atom. The minimum Gasteiger partial charge on any atom is -0.394 e. The van der Waals surface area contributed by atoms with Crippen molar-refractivity contribution in [3.05, 3.63) is 0 Å². The molecule has 10 nitrogen and oxygen atoms in total. The van der Waals surface area contributed by atoms with Crippen LogP contribution in [-0.4, -0.2) is 97.3 Å². The maximum Gasteiger partial charge on any atom is 0.217 e. The van der Waals surface area contributed by atoms with E-state index < -0.39 is 61.9 Å². The summed E-state index contributed by atoms with van der Waals surface area (Å²) in [6, 6.07) is -0.835. The monoisotopic (exact) mass is 379 g/mol. The lowest BCUT2D eigenvalue weighted by Gasteiger charge is -2.46. The Hall–Kier alpha value is -0.850. The molecule has 9 atom stereocenters. The van der Waals surface area contributed by atoms with Crippen LogP contribution in [0.4, 0.5) is 0 Å². The molecule has 26 heavy (non-hydrogen) atoms. The van der Waals surface area contributed by atoms with Crippen LogP contribution in [-0.2, 0) is 28.5 Å². The molecular formula is C16H29NO9. The Morgan fingerprint density at radius 2 is 1.88 bits per heavy atom. The van der Waals surface area contributed by atoms with E-state index in [9.17, 15) is 20.1 Å². The smallest absolute Gasteiger partial charge is 0.217 e. The Labute approximate surface area is 152 Å². The number of ether oxygens (including phenoxy) is 5. The van der Waals surface area contributed by atoms with E-state index in [4.69, 9.17) is 23.7 Å². The van der Waals surface area contributed by atoms with Gasteiger partial charge in [0, 0.05) is 27.6 Å². The van der Waals surface area contributed by atoms with Crippen LogP contribution in [0.15, 0.2) is 0 Å². The number of hydrogen-bond donors (Lipinski definition) is 4. The number of amides is 1. The van der Waals surface area contributed by atoms with Crippen LogP contribution in [0.3, 0.4) is 0 Å². The number of hydrogen-bond acceptors (Lipinski definition) is 9. The molecule has 2 fully saturated rings. The normalized spacial score (nSPS) is 43.9. The molecule has 10 heteroatoms. The van der Waals surface area contributed by atoms with Gasteiger partial charge in [-0.3, -0.25) is 4.79 Å². The van der Waals surface area contributed by atoms with E-state index in [2.05, 4.69) is 5.32 Å². The number of aliphatic hydroxyl groups is 3. The first-order chi connectivity index (χ1) is 12.3. The summed E-state index contributed by atoms with van der Waals surface area (Å²) in [7, 11) is 2.85. The maximum atomic E-state index is 11.6. The average Bonchev–Trinajstić information content (AvgIpc) is 2.60. The lowest BCUT2D eigenvalue weighted by Crippen LogP contribution is -2.66. The lowest BCUT2D eigenvalue weighted by atomic mass is 9.96. The second kappa shape index (κ2) is 9.38. The van der Waals surface area contributed by atoms with Crippen molar-refractivity contribution in [1.29, 1.82) is 0 Å². The van der Waals surface area contributed by atoms with E-state index in [1.165, 1.54) is 21.1 Å². The summed E-state index contributed by atoms with van der Waals surface area (Å²) in [6.07, 6.45) is -6.47. The molecule has 2 rings (SSSR count). The van der Waals surface area contributed by atoms with Gasteiger partial charge < -0.3 is 44.3 Å². The molecule has 2 aliphatic heterocycles. The van der Waals surface area contributed by atoms with Gasteiger partial charge in [-0.25, -0.2) is 0 Å². The van der Waals surface area contributed by atoms with Gasteiger partial charge in [0.25, 0.3) is 0 Å². The van der Waals surface area contributed by atoms with Crippen LogP contribution in [0, 0.1) is 0 Å². The molecule has 2 saturated heterocycles. The van der Waals surface area contributed by atoms with Gasteiger partial charge in [-0.15, -0.1) is 0 Å². The SMILES string of the molecule is CO[C@@H]1O[C@H](CO)[C@H](O)[C@H](O[C@@H]2O[C@H](C)[C@@H](O)C[C@@H]2OC)[C@H]1NC(C)=O. The molecule has 0 unspecified atom stereocenters. The molecule has 0 aliphatic carbocycles. The second-order valence-electron chi connectivity index (χ2n) is 6.57. The topological polar surface area (TPSA) is 136 Å². The Morgan fingerprint density at radius 3 is 2.42 bits per heavy atom. The standard InChI is InChI=1S/C16H29NO9/c1-7-9(20)5-10(22-3)15(24-7)26-14-12(17-8(2)19)16(23-4)25-11(6-18)13(14)21/h7,9-16,18,20-21H,5-6H2,1-4H3,(H,17,19)/t7-,9+,10+,11-,12-,13+,14-,15+,16-/m1/s1. The third-order valence-electron chi connectivity index (χ3n) is 4.72. The fourth-order valence-corrected chi connectivity index (χ4v) is 3.23. The van der Waals surface area contributed by atoms with E-state index >= 15 is 0 Å². The molecule has 0 aromatic rings. The van der Waals surface area contributed by atoms with Crippen molar-refractivity contribution in [3.63, 3.8) is 0 Å². The molecule has 4 N–H and O–H groups in total. The minimum absolute atomic E-state index is 0.295. The summed E-state index contributed by atoms with van der Waals surface area (Å²) in [6.45, 7) is 2.57. The van der Waals surface area contributed by atoms with Crippen molar-refractivity contribution in [2.24, 2.45) is 0 Å². The molecule has 1 amide bonds. The summed E-state index contributed by atoms with van der Waals surface area (Å²) in [5, 5.41) is 32.6. The van der Waals surface area contributed by atoms with Gasteiger partial charge >= 0.3 is 0 Å². The summed E-state index contributed by atoms with van der Waals surface area (Å²) in [5.74, 6) is -0.361. The van der Waals surface area contributed by atoms with Gasteiger partial charge in [0.05, 0.1) is 18.8 Å². The first-order valence-electron chi connectivity index (χ1n) is 8.58. The molecule has 0 saturated carbocycles. The minimum atomic E-state index is -1.24. The van der Waals surface area contributed by atoms with Crippen LogP contribution in [0.5, 0.6) is 0 Å². The molecule has 152 valence electrons. The first-order valence-corrected chi connectivity index (χ1v) is 8.58. The van der Waals surface area contributed by atoms with Gasteiger partial charge in [0.15, 0.2) is 12.6 Å². The van der Waals surface area contributed by atoms with Crippen LogP contribution in [0.25, 0.3) is 0 Å². The highest BCUT2D eigenvalue weighted by Crippen LogP contribution is 2.30. The van der Waals surface area contributed by atoms with Crippen molar-refractivity contribution in [2.75, 3.05) is 20.8 Å². The quantitative estimate of drug-likeness (QED) is 0.418. The predicted octanol–water partition coefficient (Wildman–Crippen LogP) is -1.89. The first kappa shape index (κ1) is 21.5. The Bertz CT molecular complexity index is 465. The summed E-state index contributed by atoms with van der Waals surface area (Å²) in [4.78, 5) is 11.6. The van der Waals surface area contributed by atoms with Crippen LogP contribution >= 0.6 is 0 Å². The molecule has 2 aliphatic rings. The molecule has 0 bridgehead atoms. The second-order valence-corrected chi connectivity index (χ2v) is 6.57. The highest BCUT2D eigenvalue weighted by Gasteiger charge is 2.49. The highest BCUT2D eigenvalue weighted by atomic mass is 16.7. The zero-order valence-electron chi connectivity index (χ0n) is 15.4. The van der Waals surface area contributed by atoms with Crippen LogP contribution in [0.1, 0.15) is 20.3 Å². The van der Waals surface area contributed by atoms with E-state index in [1.54, 1.807) is 6.92 Å². The third kappa shape index (κ3) is 4.70. The van der Waals surface area contributed by atoms with Crippen molar-refractivity contribution in [1.82, 2.24) is 5.32 Å². The molecular weight excluding hydrogens is 350 g/mol. The van der Waals surface area contributed by atoms with Crippen LogP contribution < -0.4 is 5.32 Å². The zero-order chi connectivity index (χ0) is 19.4. The Kier molecular flexibility index (Phi) is 7.74. The van der Waals surface area contributed by atoms with Gasteiger partial charge in [-0.1, -0.05) is 0 Å². The van der Waals surface area contributed by atoms with Crippen LogP contribution in [0.2, 0.25) is 0 Å². The fourth-order valence-electron chi connectivity index (χ4n) is 3.23. The predicted molar refractivity (Wildman–Crippen MR) is 87.0 cm³/mol. The fraction of sp³-hybridized carbons (Fsp3) is 0.938. The largest absolute Gasteiger partial charge is 0.394 e. The van der Waals surface area contributed by atoms with Crippen molar-refractivity contribution in [2.45, 2.75) is 75.5 Å². The zero-order valence-corrected chi connectivity index (χ0v) is 15.4. The molecule has 0 aromatic heterocycles. The van der Waals surface area contributed by atoms with E-state index in [0.717, 1.165) is 0 Å². The molecule has 2 heterocycles. The Balaban J connectivity index is 2.23. The summed E-state index contributed by atoms with van der Waals surface area (Å²) in [5.41, 5.74) is 0. The summed E-state index contributed by atoms with van der Waals surface area (Å²) >= 11 is 0. The highest BCUT2D eigenvalue weighted by molar-refractivity contribution is 5.73. The van der Waals surface area contributed by atoms with Crippen molar-refractivity contribution in [3.8, 4) is 0 Å². The number of methoxy groups -OCH3 is 2. The number of rotatable bonds is 6. The third-order valence-corrected chi connectivity index (χ3v) is 4.72. The van der Waals surface area contributed by atoms with E-state index in [0.29, 0.717) is 6.42 Å². The van der Waals surface area contributed by atoms with E-state index in [1.807, 2.05) is 0 Å². The van der Waals surface area contributed by atoms with Gasteiger partial charge in [0.2, 0.25) is 5.91 Å². The van der Waals surface area contributed by atoms with Crippen molar-refractivity contribution >= 4 is 5.91 Å². The average molecular weight is 379 g/mol. The van der Waals surface area contributed by atoms with Gasteiger partial charge in [-0.2, -0.15) is 0 Å². The van der Waals surface area contributed by atoms with Gasteiger partial charge in [-0.05, 0) is 6.92 Å². The number of carbonyl (C=O) groups excluding carboxylic acids is 1. The number of nitrogens with one attached hydrogen (secondary N) is 1. The lowest BCUT2D eigenvalue weighted by molar-refractivity contribution is -0.327. The maximum absolute atomic E-state index is 11.6. The van der Waals surface area contributed by atoms with Gasteiger partial charge in [0.1, 0.15) is 30.5 Å². The molecule has 0 radical (unpaired) electrons. The summed E-state index contributed by atoms with van der Waals surface area (Å²) < 4.78 is 27.7. The molecule has 0 aromatic carbocycles. The number of aliphatic hydroxyl groups excluding tert-OH is 3.